The van der Waals surface area contributed by atoms with E-state index in [2.05, 4.69) is 9.55 Å². The molecule has 1 N–H and O–H groups in total. The fourth-order valence-corrected chi connectivity index (χ4v) is 3.42. The molecule has 1 heterocycles. The number of likely N-dealkylation sites (N-methyl/N-ethyl adjacent to an activating group) is 1. The molecule has 1 aliphatic rings. The average molecular weight is 327 g/mol. The molecule has 24 heavy (non-hydrogen) atoms. The van der Waals surface area contributed by atoms with E-state index in [0.717, 1.165) is 43.6 Å². The van der Waals surface area contributed by atoms with Crippen LogP contribution in [0, 0.1) is 6.92 Å². The molecule has 3 rings (SSSR count). The van der Waals surface area contributed by atoms with Gasteiger partial charge >= 0.3 is 0 Å². The number of amides is 1. The third kappa shape index (κ3) is 3.51. The van der Waals surface area contributed by atoms with E-state index in [-0.39, 0.29) is 11.9 Å². The molecule has 5 nitrogen and oxygen atoms in total. The number of carbonyl (C=O) groups excluding carboxylic acids is 1. The Morgan fingerprint density at radius 3 is 2.62 bits per heavy atom. The third-order valence-electron chi connectivity index (χ3n) is 4.99. The van der Waals surface area contributed by atoms with Crippen molar-refractivity contribution in [1.29, 1.82) is 0 Å². The summed E-state index contributed by atoms with van der Waals surface area (Å²) in [5.41, 5.74) is 1.80. The Morgan fingerprint density at radius 1 is 1.29 bits per heavy atom. The molecule has 0 bridgehead atoms. The Labute approximate surface area is 142 Å². The van der Waals surface area contributed by atoms with Crippen LogP contribution in [0.15, 0.2) is 36.7 Å². The van der Waals surface area contributed by atoms with Crippen LogP contribution in [0.25, 0.3) is 0 Å². The molecular formula is C19H25N3O2. The Morgan fingerprint density at radius 2 is 2.00 bits per heavy atom. The first-order valence-electron chi connectivity index (χ1n) is 8.58. The van der Waals surface area contributed by atoms with E-state index in [4.69, 9.17) is 0 Å². The molecule has 1 aliphatic carbocycles. The van der Waals surface area contributed by atoms with Crippen molar-refractivity contribution >= 4 is 5.91 Å². The summed E-state index contributed by atoms with van der Waals surface area (Å²) in [5.74, 6) is 0.951. The van der Waals surface area contributed by atoms with E-state index >= 15 is 0 Å². The molecule has 0 radical (unpaired) electrons. The van der Waals surface area contributed by atoms with Gasteiger partial charge in [-0.05, 0) is 37.5 Å². The number of aliphatic hydroxyl groups is 1. The zero-order chi connectivity index (χ0) is 17.1. The lowest BCUT2D eigenvalue weighted by Crippen LogP contribution is -2.46. The second-order valence-electron chi connectivity index (χ2n) is 6.63. The van der Waals surface area contributed by atoms with E-state index in [0.29, 0.717) is 5.56 Å². The fourth-order valence-electron chi connectivity index (χ4n) is 3.42. The van der Waals surface area contributed by atoms with Gasteiger partial charge < -0.3 is 14.6 Å². The number of aryl methyl sites for hydroxylation is 1. The number of rotatable bonds is 4. The first-order chi connectivity index (χ1) is 11.6. The van der Waals surface area contributed by atoms with Crippen molar-refractivity contribution in [2.75, 3.05) is 7.05 Å². The number of nitrogens with zero attached hydrogens (tertiary/aromatic N) is 3. The minimum absolute atomic E-state index is 0.0219. The van der Waals surface area contributed by atoms with E-state index in [1.807, 2.05) is 37.4 Å². The van der Waals surface area contributed by atoms with Crippen molar-refractivity contribution in [2.24, 2.45) is 0 Å². The first kappa shape index (κ1) is 16.7. The first-order valence-corrected chi connectivity index (χ1v) is 8.58. The van der Waals surface area contributed by atoms with E-state index in [9.17, 15) is 9.90 Å². The summed E-state index contributed by atoms with van der Waals surface area (Å²) in [5, 5.41) is 10.1. The van der Waals surface area contributed by atoms with Gasteiger partial charge in [-0.2, -0.15) is 0 Å². The van der Waals surface area contributed by atoms with Crippen molar-refractivity contribution in [3.63, 3.8) is 0 Å². The SMILES string of the molecule is Cc1nccn1Cc1ccc(C(=O)N(C)[C@@H]2CCCC[C@H]2O)cc1. The second-order valence-corrected chi connectivity index (χ2v) is 6.63. The highest BCUT2D eigenvalue weighted by Gasteiger charge is 2.29. The molecule has 2 atom stereocenters. The number of hydrogen-bond donors (Lipinski definition) is 1. The topological polar surface area (TPSA) is 58.4 Å². The lowest BCUT2D eigenvalue weighted by Gasteiger charge is -2.35. The summed E-state index contributed by atoms with van der Waals surface area (Å²) in [6.45, 7) is 2.72. The number of hydrogen-bond acceptors (Lipinski definition) is 3. The van der Waals surface area contributed by atoms with E-state index in [1.54, 1.807) is 18.1 Å². The molecule has 1 saturated carbocycles. The minimum atomic E-state index is -0.406. The highest BCUT2D eigenvalue weighted by molar-refractivity contribution is 5.94. The number of benzene rings is 1. The smallest absolute Gasteiger partial charge is 0.253 e. The number of carbonyl (C=O) groups is 1. The van der Waals surface area contributed by atoms with Gasteiger partial charge in [0.15, 0.2) is 0 Å². The predicted octanol–water partition coefficient (Wildman–Crippen LogP) is 2.62. The van der Waals surface area contributed by atoms with Gasteiger partial charge in [-0.25, -0.2) is 4.98 Å². The van der Waals surface area contributed by atoms with Crippen LogP contribution < -0.4 is 0 Å². The Bertz CT molecular complexity index is 693. The maximum absolute atomic E-state index is 12.7. The highest BCUT2D eigenvalue weighted by Crippen LogP contribution is 2.23. The van der Waals surface area contributed by atoms with Crippen LogP contribution >= 0.6 is 0 Å². The Balaban J connectivity index is 1.68. The Hall–Kier alpha value is -2.14. The monoisotopic (exact) mass is 327 g/mol. The molecule has 0 unspecified atom stereocenters. The predicted molar refractivity (Wildman–Crippen MR) is 92.9 cm³/mol. The fraction of sp³-hybridized carbons (Fsp3) is 0.474. The second kappa shape index (κ2) is 7.18. The molecule has 0 spiro atoms. The molecule has 2 aromatic rings. The summed E-state index contributed by atoms with van der Waals surface area (Å²) in [4.78, 5) is 18.6. The van der Waals surface area contributed by atoms with Gasteiger partial charge in [0.2, 0.25) is 0 Å². The lowest BCUT2D eigenvalue weighted by atomic mass is 9.91. The molecule has 0 saturated heterocycles. The number of aliphatic hydroxyl groups excluding tert-OH is 1. The number of aromatic nitrogens is 2. The van der Waals surface area contributed by atoms with Gasteiger partial charge in [-0.3, -0.25) is 4.79 Å². The van der Waals surface area contributed by atoms with Crippen molar-refractivity contribution in [3.8, 4) is 0 Å². The molecule has 5 heteroatoms. The van der Waals surface area contributed by atoms with Crippen LogP contribution in [0.1, 0.15) is 47.4 Å². The minimum Gasteiger partial charge on any atom is -0.391 e. The zero-order valence-electron chi connectivity index (χ0n) is 14.4. The van der Waals surface area contributed by atoms with Gasteiger partial charge in [0, 0.05) is 31.5 Å². The van der Waals surface area contributed by atoms with Crippen LogP contribution in [0.3, 0.4) is 0 Å². The van der Waals surface area contributed by atoms with Crippen molar-refractivity contribution < 1.29 is 9.90 Å². The normalized spacial score (nSPS) is 20.8. The quantitative estimate of drug-likeness (QED) is 0.939. The van der Waals surface area contributed by atoms with Crippen molar-refractivity contribution in [2.45, 2.75) is 51.3 Å². The van der Waals surface area contributed by atoms with Crippen LogP contribution in [0.4, 0.5) is 0 Å². The van der Waals surface area contributed by atoms with Crippen LogP contribution in [0.5, 0.6) is 0 Å². The molecule has 1 amide bonds. The summed E-state index contributed by atoms with van der Waals surface area (Å²) in [6, 6.07) is 7.64. The van der Waals surface area contributed by atoms with Gasteiger partial charge in [0.25, 0.3) is 5.91 Å². The van der Waals surface area contributed by atoms with Gasteiger partial charge in [0.1, 0.15) is 5.82 Å². The molecular weight excluding hydrogens is 302 g/mol. The van der Waals surface area contributed by atoms with E-state index < -0.39 is 6.10 Å². The Kier molecular flexibility index (Phi) is 5.00. The highest BCUT2D eigenvalue weighted by atomic mass is 16.3. The lowest BCUT2D eigenvalue weighted by molar-refractivity contribution is 0.0268. The van der Waals surface area contributed by atoms with Gasteiger partial charge in [-0.15, -0.1) is 0 Å². The zero-order valence-corrected chi connectivity index (χ0v) is 14.4. The van der Waals surface area contributed by atoms with Crippen molar-refractivity contribution in [1.82, 2.24) is 14.5 Å². The summed E-state index contributed by atoms with van der Waals surface area (Å²) in [6.07, 6.45) is 7.11. The average Bonchev–Trinajstić information content (AvgIpc) is 3.00. The number of imidazole rings is 1. The van der Waals surface area contributed by atoms with Crippen molar-refractivity contribution in [3.05, 3.63) is 53.6 Å². The molecule has 0 aliphatic heterocycles. The van der Waals surface area contributed by atoms with Crippen LogP contribution in [0.2, 0.25) is 0 Å². The summed E-state index contributed by atoms with van der Waals surface area (Å²) < 4.78 is 2.07. The van der Waals surface area contributed by atoms with Gasteiger partial charge in [0.05, 0.1) is 12.1 Å². The standard InChI is InChI=1S/C19H25N3O2/c1-14-20-11-12-22(14)13-15-7-9-16(10-8-15)19(24)21(2)17-5-3-4-6-18(17)23/h7-12,17-18,23H,3-6,13H2,1-2H3/t17-,18-/m1/s1. The summed E-state index contributed by atoms with van der Waals surface area (Å²) in [7, 11) is 1.80. The molecule has 1 aromatic heterocycles. The third-order valence-corrected chi connectivity index (χ3v) is 4.99. The molecule has 1 aromatic carbocycles. The molecule has 128 valence electrons. The van der Waals surface area contributed by atoms with Crippen LogP contribution in [-0.2, 0) is 6.54 Å². The maximum atomic E-state index is 12.7. The summed E-state index contributed by atoms with van der Waals surface area (Å²) >= 11 is 0. The largest absolute Gasteiger partial charge is 0.391 e. The van der Waals surface area contributed by atoms with Gasteiger partial charge in [-0.1, -0.05) is 25.0 Å². The molecule has 1 fully saturated rings. The van der Waals surface area contributed by atoms with E-state index in [1.165, 1.54) is 0 Å². The van der Waals surface area contributed by atoms with Crippen LogP contribution in [-0.4, -0.2) is 44.7 Å². The maximum Gasteiger partial charge on any atom is 0.253 e.